The van der Waals surface area contributed by atoms with E-state index in [4.69, 9.17) is 16.3 Å². The molecule has 0 aliphatic carbocycles. The topological polar surface area (TPSA) is 44.8 Å². The average molecular weight is 560 g/mol. The molecule has 2 heterocycles. The van der Waals surface area contributed by atoms with E-state index in [2.05, 4.69) is 76.6 Å². The molecule has 212 valence electrons. The number of likely N-dealkylation sites (tertiary alicyclic amines) is 2. The van der Waals surface area contributed by atoms with E-state index in [1.54, 1.807) is 6.07 Å². The maximum absolute atomic E-state index is 12.7. The third-order valence-electron chi connectivity index (χ3n) is 8.31. The van der Waals surface area contributed by atoms with Gasteiger partial charge in [-0.15, -0.1) is 0 Å². The van der Waals surface area contributed by atoms with Gasteiger partial charge in [-0.3, -0.25) is 9.69 Å². The summed E-state index contributed by atoms with van der Waals surface area (Å²) in [5, 5.41) is 3.54. The molecule has 1 N–H and O–H groups in total. The minimum absolute atomic E-state index is 0.0789. The van der Waals surface area contributed by atoms with Gasteiger partial charge in [0.1, 0.15) is 11.9 Å². The highest BCUT2D eigenvalue weighted by molar-refractivity contribution is 6.32. The number of carbonyl (C=O) groups is 1. The van der Waals surface area contributed by atoms with E-state index in [0.29, 0.717) is 28.9 Å². The van der Waals surface area contributed by atoms with E-state index in [-0.39, 0.29) is 12.0 Å². The molecule has 0 radical (unpaired) electrons. The number of ether oxygens (including phenoxy) is 1. The number of amides is 1. The normalized spacial score (nSPS) is 18.9. The number of carbonyl (C=O) groups excluding carboxylic acids is 1. The summed E-state index contributed by atoms with van der Waals surface area (Å²) in [7, 11) is 0. The third-order valence-corrected chi connectivity index (χ3v) is 8.61. The molecule has 0 saturated carbocycles. The summed E-state index contributed by atoms with van der Waals surface area (Å²) in [5.41, 5.74) is 4.42. The van der Waals surface area contributed by atoms with Crippen molar-refractivity contribution in [2.75, 3.05) is 32.7 Å². The maximum atomic E-state index is 12.7. The van der Waals surface area contributed by atoms with Crippen molar-refractivity contribution in [3.05, 3.63) is 88.9 Å². The number of hydrogen-bond acceptors (Lipinski definition) is 4. The molecule has 5 rings (SSSR count). The first-order valence-electron chi connectivity index (χ1n) is 14.9. The van der Waals surface area contributed by atoms with Gasteiger partial charge in [0, 0.05) is 44.3 Å². The van der Waals surface area contributed by atoms with Crippen LogP contribution in [0.1, 0.15) is 61.4 Å². The Morgan fingerprint density at radius 2 is 1.73 bits per heavy atom. The summed E-state index contributed by atoms with van der Waals surface area (Å²) >= 11 is 6.55. The van der Waals surface area contributed by atoms with Crippen LogP contribution in [0.5, 0.6) is 5.75 Å². The molecule has 2 aliphatic rings. The van der Waals surface area contributed by atoms with E-state index < -0.39 is 0 Å². The lowest BCUT2D eigenvalue weighted by Crippen LogP contribution is -2.39. The second kappa shape index (κ2) is 14.2. The van der Waals surface area contributed by atoms with Gasteiger partial charge in [0.15, 0.2) is 0 Å². The number of rotatable bonds is 10. The highest BCUT2D eigenvalue weighted by Gasteiger charge is 2.22. The molecule has 2 fully saturated rings. The minimum Gasteiger partial charge on any atom is -0.489 e. The van der Waals surface area contributed by atoms with Crippen LogP contribution in [0, 0.1) is 0 Å². The Kier molecular flexibility index (Phi) is 10.1. The molecule has 0 aromatic heterocycles. The van der Waals surface area contributed by atoms with Gasteiger partial charge in [-0.1, -0.05) is 66.6 Å². The predicted octanol–water partition coefficient (Wildman–Crippen LogP) is 7.04. The molecule has 3 aromatic rings. The van der Waals surface area contributed by atoms with Gasteiger partial charge in [0.25, 0.3) is 5.91 Å². The van der Waals surface area contributed by atoms with Crippen molar-refractivity contribution in [3.63, 3.8) is 0 Å². The van der Waals surface area contributed by atoms with Crippen LogP contribution >= 0.6 is 11.6 Å². The van der Waals surface area contributed by atoms with Crippen LogP contribution in [0.2, 0.25) is 5.02 Å². The van der Waals surface area contributed by atoms with Crippen LogP contribution in [-0.4, -0.2) is 60.6 Å². The first-order valence-corrected chi connectivity index (χ1v) is 15.3. The second-order valence-corrected chi connectivity index (χ2v) is 11.7. The molecule has 1 unspecified atom stereocenters. The number of halogens is 1. The van der Waals surface area contributed by atoms with Crippen LogP contribution < -0.4 is 10.1 Å². The van der Waals surface area contributed by atoms with Gasteiger partial charge >= 0.3 is 0 Å². The van der Waals surface area contributed by atoms with Crippen molar-refractivity contribution in [2.24, 2.45) is 0 Å². The summed E-state index contributed by atoms with van der Waals surface area (Å²) in [6.07, 6.45) is 6.88. The van der Waals surface area contributed by atoms with Crippen molar-refractivity contribution in [1.29, 1.82) is 0 Å². The fourth-order valence-corrected chi connectivity index (χ4v) is 6.14. The van der Waals surface area contributed by atoms with E-state index in [1.165, 1.54) is 42.5 Å². The molecule has 3 aromatic carbocycles. The van der Waals surface area contributed by atoms with E-state index in [1.807, 2.05) is 12.1 Å². The van der Waals surface area contributed by atoms with E-state index in [9.17, 15) is 4.79 Å². The van der Waals surface area contributed by atoms with Crippen molar-refractivity contribution >= 4 is 17.5 Å². The Morgan fingerprint density at radius 1 is 0.925 bits per heavy atom. The summed E-state index contributed by atoms with van der Waals surface area (Å²) < 4.78 is 6.28. The Labute approximate surface area is 244 Å². The maximum Gasteiger partial charge on any atom is 0.251 e. The first-order chi connectivity index (χ1) is 19.5. The van der Waals surface area contributed by atoms with Crippen LogP contribution in [-0.2, 0) is 6.54 Å². The zero-order valence-electron chi connectivity index (χ0n) is 23.7. The number of benzene rings is 3. The van der Waals surface area contributed by atoms with Crippen molar-refractivity contribution < 1.29 is 9.53 Å². The van der Waals surface area contributed by atoms with Crippen LogP contribution in [0.25, 0.3) is 11.1 Å². The summed E-state index contributed by atoms with van der Waals surface area (Å²) in [5.74, 6) is 0.580. The highest BCUT2D eigenvalue weighted by atomic mass is 35.5. The lowest BCUT2D eigenvalue weighted by Gasteiger charge is -2.33. The summed E-state index contributed by atoms with van der Waals surface area (Å²) in [6.45, 7) is 8.09. The summed E-state index contributed by atoms with van der Waals surface area (Å²) in [4.78, 5) is 17.7. The van der Waals surface area contributed by atoms with Crippen LogP contribution in [0.4, 0.5) is 0 Å². The number of nitrogens with zero attached hydrogens (tertiary/aromatic N) is 2. The molecule has 0 spiro atoms. The first kappa shape index (κ1) is 28.7. The molecule has 1 atom stereocenters. The Bertz CT molecular complexity index is 1240. The van der Waals surface area contributed by atoms with E-state index >= 15 is 0 Å². The highest BCUT2D eigenvalue weighted by Crippen LogP contribution is 2.29. The number of hydrogen-bond donors (Lipinski definition) is 1. The second-order valence-electron chi connectivity index (χ2n) is 11.3. The van der Waals surface area contributed by atoms with Gasteiger partial charge in [-0.2, -0.15) is 0 Å². The third kappa shape index (κ3) is 7.87. The fraction of sp³-hybridized carbons (Fsp3) is 0.441. The van der Waals surface area contributed by atoms with Crippen molar-refractivity contribution in [2.45, 2.75) is 64.1 Å². The standard InChI is InChI=1S/C34H42ClN3O2/c1-26-9-5-6-19-38(26)20-8-18-36-34(39)30-14-15-33(32(35)24-30)40-31-16-21-37(22-17-31)25-27-10-7-13-29(23-27)28-11-3-2-4-12-28/h2-4,7,10-15,23-24,26,31H,5-6,8-9,16-22,25H2,1H3,(H,36,39). The van der Waals surface area contributed by atoms with Gasteiger partial charge < -0.3 is 15.0 Å². The summed E-state index contributed by atoms with van der Waals surface area (Å²) in [6, 6.07) is 25.4. The molecular formula is C34H42ClN3O2. The quantitative estimate of drug-likeness (QED) is 0.270. The molecule has 2 saturated heterocycles. The van der Waals surface area contributed by atoms with Crippen LogP contribution in [0.3, 0.4) is 0 Å². The van der Waals surface area contributed by atoms with Gasteiger partial charge in [0.2, 0.25) is 0 Å². The molecule has 0 bridgehead atoms. The van der Waals surface area contributed by atoms with Gasteiger partial charge in [-0.05, 0) is 86.5 Å². The van der Waals surface area contributed by atoms with Crippen LogP contribution in [0.15, 0.2) is 72.8 Å². The predicted molar refractivity (Wildman–Crippen MR) is 164 cm³/mol. The Balaban J connectivity index is 1.05. The monoisotopic (exact) mass is 559 g/mol. The largest absolute Gasteiger partial charge is 0.489 e. The lowest BCUT2D eigenvalue weighted by molar-refractivity contribution is 0.0946. The zero-order valence-corrected chi connectivity index (χ0v) is 24.4. The van der Waals surface area contributed by atoms with Gasteiger partial charge in [0.05, 0.1) is 5.02 Å². The van der Waals surface area contributed by atoms with Gasteiger partial charge in [-0.25, -0.2) is 0 Å². The lowest BCUT2D eigenvalue weighted by atomic mass is 10.0. The Morgan fingerprint density at radius 3 is 2.50 bits per heavy atom. The smallest absolute Gasteiger partial charge is 0.251 e. The average Bonchev–Trinajstić information content (AvgIpc) is 2.98. The van der Waals surface area contributed by atoms with E-state index in [0.717, 1.165) is 45.4 Å². The fourth-order valence-electron chi connectivity index (χ4n) is 5.92. The van der Waals surface area contributed by atoms with Crippen molar-refractivity contribution in [3.8, 4) is 16.9 Å². The molecule has 2 aliphatic heterocycles. The zero-order chi connectivity index (χ0) is 27.7. The minimum atomic E-state index is -0.0789. The van der Waals surface area contributed by atoms with Crippen molar-refractivity contribution in [1.82, 2.24) is 15.1 Å². The molecule has 1 amide bonds. The molecule has 6 heteroatoms. The molecule has 5 nitrogen and oxygen atoms in total. The molecule has 40 heavy (non-hydrogen) atoms. The number of nitrogens with one attached hydrogen (secondary N) is 1. The number of piperidine rings is 2. The Hall–Kier alpha value is -2.86. The SMILES string of the molecule is CC1CCCCN1CCCNC(=O)c1ccc(OC2CCN(Cc3cccc(-c4ccccc4)c3)CC2)c(Cl)c1. The molecular weight excluding hydrogens is 518 g/mol.